The Morgan fingerprint density at radius 3 is 2.86 bits per heavy atom. The van der Waals surface area contributed by atoms with E-state index in [1.807, 2.05) is 13.8 Å². The third kappa shape index (κ3) is 2.03. The van der Waals surface area contributed by atoms with Gasteiger partial charge >= 0.3 is 0 Å². The van der Waals surface area contributed by atoms with E-state index in [4.69, 9.17) is 5.26 Å². The van der Waals surface area contributed by atoms with E-state index < -0.39 is 6.23 Å². The van der Waals surface area contributed by atoms with E-state index in [0.717, 1.165) is 0 Å². The number of amides is 1. The lowest BCUT2D eigenvalue weighted by Gasteiger charge is -2.32. The van der Waals surface area contributed by atoms with Gasteiger partial charge in [0.1, 0.15) is 12.6 Å². The summed E-state index contributed by atoms with van der Waals surface area (Å²) in [7, 11) is 0. The Labute approximate surface area is 83.5 Å². The maximum atomic E-state index is 11.5. The molecule has 0 spiro atoms. The van der Waals surface area contributed by atoms with E-state index in [9.17, 15) is 9.90 Å². The largest absolute Gasteiger partial charge is 0.372 e. The SMILES string of the molecule is CC(C)N1CC[C@@H](O)N1C(=O)CC#N. The molecule has 1 saturated heterocycles. The molecule has 0 bridgehead atoms. The van der Waals surface area contributed by atoms with Crippen LogP contribution in [0, 0.1) is 11.3 Å². The molecule has 14 heavy (non-hydrogen) atoms. The van der Waals surface area contributed by atoms with Gasteiger partial charge < -0.3 is 5.11 Å². The second-order valence-corrected chi connectivity index (χ2v) is 3.60. The first-order valence-corrected chi connectivity index (χ1v) is 4.71. The molecule has 0 aromatic rings. The van der Waals surface area contributed by atoms with Crippen LogP contribution in [-0.4, -0.2) is 39.8 Å². The highest BCUT2D eigenvalue weighted by atomic mass is 16.3. The van der Waals surface area contributed by atoms with Crippen molar-refractivity contribution in [1.82, 2.24) is 10.0 Å². The van der Waals surface area contributed by atoms with Gasteiger partial charge in [-0.15, -0.1) is 0 Å². The van der Waals surface area contributed by atoms with Crippen LogP contribution in [0.4, 0.5) is 0 Å². The zero-order valence-corrected chi connectivity index (χ0v) is 8.47. The van der Waals surface area contributed by atoms with E-state index in [2.05, 4.69) is 0 Å². The van der Waals surface area contributed by atoms with Gasteiger partial charge in [-0.05, 0) is 13.8 Å². The van der Waals surface area contributed by atoms with Crippen LogP contribution in [0.25, 0.3) is 0 Å². The molecule has 1 N–H and O–H groups in total. The van der Waals surface area contributed by atoms with E-state index in [1.165, 1.54) is 5.01 Å². The minimum absolute atomic E-state index is 0.162. The molecule has 0 unspecified atom stereocenters. The highest BCUT2D eigenvalue weighted by Crippen LogP contribution is 2.19. The standard InChI is InChI=1S/C9H15N3O2/c1-7(2)11-6-4-9(14)12(11)8(13)3-5-10/h7,9,14H,3-4,6H2,1-2H3/t9-/m1/s1. The van der Waals surface area contributed by atoms with Crippen molar-refractivity contribution >= 4 is 5.91 Å². The molecule has 1 amide bonds. The molecular formula is C9H15N3O2. The van der Waals surface area contributed by atoms with Crippen molar-refractivity contribution in [3.8, 4) is 6.07 Å². The van der Waals surface area contributed by atoms with Gasteiger partial charge in [0.25, 0.3) is 5.91 Å². The van der Waals surface area contributed by atoms with E-state index >= 15 is 0 Å². The summed E-state index contributed by atoms with van der Waals surface area (Å²) in [6, 6.07) is 1.96. The van der Waals surface area contributed by atoms with Crippen molar-refractivity contribution < 1.29 is 9.90 Å². The second-order valence-electron chi connectivity index (χ2n) is 3.60. The van der Waals surface area contributed by atoms with Gasteiger partial charge in [-0.1, -0.05) is 0 Å². The van der Waals surface area contributed by atoms with Crippen molar-refractivity contribution in [2.75, 3.05) is 6.54 Å². The number of aliphatic hydroxyl groups is 1. The molecule has 1 aliphatic rings. The van der Waals surface area contributed by atoms with Gasteiger partial charge in [-0.25, -0.2) is 10.0 Å². The number of rotatable bonds is 2. The number of nitriles is 1. The molecule has 5 nitrogen and oxygen atoms in total. The molecule has 0 aromatic carbocycles. The summed E-state index contributed by atoms with van der Waals surface area (Å²) >= 11 is 0. The molecule has 1 atom stereocenters. The van der Waals surface area contributed by atoms with Crippen molar-refractivity contribution in [1.29, 1.82) is 5.26 Å². The Morgan fingerprint density at radius 1 is 1.71 bits per heavy atom. The van der Waals surface area contributed by atoms with E-state index in [0.29, 0.717) is 13.0 Å². The van der Waals surface area contributed by atoms with Crippen LogP contribution in [0.3, 0.4) is 0 Å². The number of aliphatic hydroxyl groups excluding tert-OH is 1. The van der Waals surface area contributed by atoms with Gasteiger partial charge in [0, 0.05) is 19.0 Å². The summed E-state index contributed by atoms with van der Waals surface area (Å²) in [5.41, 5.74) is 0. The predicted octanol–water partition coefficient (Wildman–Crippen LogP) is 0.0762. The van der Waals surface area contributed by atoms with Gasteiger partial charge in [0.2, 0.25) is 0 Å². The number of carbonyl (C=O) groups excluding carboxylic acids is 1. The molecule has 0 saturated carbocycles. The van der Waals surface area contributed by atoms with Crippen molar-refractivity contribution in [2.24, 2.45) is 0 Å². The highest BCUT2D eigenvalue weighted by Gasteiger charge is 2.35. The van der Waals surface area contributed by atoms with Crippen molar-refractivity contribution in [2.45, 2.75) is 39.0 Å². The maximum Gasteiger partial charge on any atom is 0.253 e. The normalized spacial score (nSPS) is 22.8. The number of hydrogen-bond acceptors (Lipinski definition) is 4. The lowest BCUT2D eigenvalue weighted by molar-refractivity contribution is -0.162. The van der Waals surface area contributed by atoms with E-state index in [-0.39, 0.29) is 18.4 Å². The van der Waals surface area contributed by atoms with Gasteiger partial charge in [-0.2, -0.15) is 5.26 Å². The van der Waals surface area contributed by atoms with Crippen molar-refractivity contribution in [3.63, 3.8) is 0 Å². The van der Waals surface area contributed by atoms with Crippen molar-refractivity contribution in [3.05, 3.63) is 0 Å². The third-order valence-corrected chi connectivity index (χ3v) is 2.26. The zero-order chi connectivity index (χ0) is 10.7. The molecule has 1 aliphatic heterocycles. The highest BCUT2D eigenvalue weighted by molar-refractivity contribution is 5.78. The first kappa shape index (κ1) is 11.0. The molecule has 0 aromatic heterocycles. The Kier molecular flexibility index (Phi) is 3.44. The fraction of sp³-hybridized carbons (Fsp3) is 0.778. The predicted molar refractivity (Wildman–Crippen MR) is 49.5 cm³/mol. The maximum absolute atomic E-state index is 11.5. The minimum Gasteiger partial charge on any atom is -0.372 e. The lowest BCUT2D eigenvalue weighted by atomic mass is 10.3. The summed E-state index contributed by atoms with van der Waals surface area (Å²) in [5, 5.41) is 21.1. The second kappa shape index (κ2) is 4.40. The van der Waals surface area contributed by atoms with Crippen LogP contribution in [0.1, 0.15) is 26.7 Å². The zero-order valence-electron chi connectivity index (χ0n) is 8.47. The minimum atomic E-state index is -0.766. The van der Waals surface area contributed by atoms with Crippen LogP contribution in [0.15, 0.2) is 0 Å². The number of hydrogen-bond donors (Lipinski definition) is 1. The average molecular weight is 197 g/mol. The molecule has 0 aliphatic carbocycles. The summed E-state index contributed by atoms with van der Waals surface area (Å²) in [4.78, 5) is 11.5. The number of hydrazine groups is 1. The molecule has 1 heterocycles. The summed E-state index contributed by atoms with van der Waals surface area (Å²) < 4.78 is 0. The van der Waals surface area contributed by atoms with Gasteiger partial charge in [0.05, 0.1) is 6.07 Å². The summed E-state index contributed by atoms with van der Waals surface area (Å²) in [6.07, 6.45) is -0.395. The molecule has 78 valence electrons. The molecular weight excluding hydrogens is 182 g/mol. The van der Waals surface area contributed by atoms with Crippen LogP contribution < -0.4 is 0 Å². The van der Waals surface area contributed by atoms with Gasteiger partial charge in [0.15, 0.2) is 0 Å². The lowest BCUT2D eigenvalue weighted by Crippen LogP contribution is -2.48. The quantitative estimate of drug-likeness (QED) is 0.680. The summed E-state index contributed by atoms with van der Waals surface area (Å²) in [6.45, 7) is 4.56. The summed E-state index contributed by atoms with van der Waals surface area (Å²) in [5.74, 6) is -0.328. The monoisotopic (exact) mass is 197 g/mol. The molecule has 1 rings (SSSR count). The average Bonchev–Trinajstić information content (AvgIpc) is 2.47. The number of nitrogens with zero attached hydrogens (tertiary/aromatic N) is 3. The Bertz CT molecular complexity index is 259. The van der Waals surface area contributed by atoms with Crippen LogP contribution in [-0.2, 0) is 4.79 Å². The Morgan fingerprint density at radius 2 is 2.36 bits per heavy atom. The molecule has 1 fully saturated rings. The topological polar surface area (TPSA) is 67.6 Å². The van der Waals surface area contributed by atoms with Gasteiger partial charge in [-0.3, -0.25) is 4.79 Å². The third-order valence-electron chi connectivity index (χ3n) is 2.26. The van der Waals surface area contributed by atoms with Crippen LogP contribution >= 0.6 is 0 Å². The Balaban J connectivity index is 2.72. The smallest absolute Gasteiger partial charge is 0.253 e. The number of carbonyl (C=O) groups is 1. The first-order chi connectivity index (χ1) is 6.57. The van der Waals surface area contributed by atoms with E-state index in [1.54, 1.807) is 11.1 Å². The fourth-order valence-electron chi connectivity index (χ4n) is 1.61. The first-order valence-electron chi connectivity index (χ1n) is 4.71. The Hall–Kier alpha value is -1.12. The fourth-order valence-corrected chi connectivity index (χ4v) is 1.61. The van der Waals surface area contributed by atoms with Crippen LogP contribution in [0.2, 0.25) is 0 Å². The van der Waals surface area contributed by atoms with Crippen LogP contribution in [0.5, 0.6) is 0 Å². The molecule has 5 heteroatoms. The molecule has 0 radical (unpaired) electrons.